The predicted molar refractivity (Wildman–Crippen MR) is 68.4 cm³/mol. The van der Waals surface area contributed by atoms with Crippen molar-refractivity contribution in [3.8, 4) is 5.75 Å². The summed E-state index contributed by atoms with van der Waals surface area (Å²) in [6.07, 6.45) is 1.16. The molecular weight excluding hydrogens is 214 g/mol. The molecule has 1 aliphatic heterocycles. The largest absolute Gasteiger partial charge is 0.488 e. The van der Waals surface area contributed by atoms with E-state index in [0.29, 0.717) is 0 Å². The average molecular weight is 235 g/mol. The van der Waals surface area contributed by atoms with Gasteiger partial charge >= 0.3 is 0 Å². The van der Waals surface area contributed by atoms with Gasteiger partial charge in [0.25, 0.3) is 0 Å². The number of hydrogen-bond donors (Lipinski definition) is 2. The minimum atomic E-state index is -0.369. The van der Waals surface area contributed by atoms with Crippen molar-refractivity contribution in [1.29, 1.82) is 0 Å². The highest BCUT2D eigenvalue weighted by Gasteiger charge is 2.23. The smallest absolute Gasteiger partial charge is 0.126 e. The number of aryl methyl sites for hydroxylation is 2. The molecule has 0 saturated carbocycles. The summed E-state index contributed by atoms with van der Waals surface area (Å²) in [6, 6.07) is 6.08. The highest BCUT2D eigenvalue weighted by molar-refractivity contribution is 5.34. The van der Waals surface area contributed by atoms with Crippen molar-refractivity contribution in [1.82, 2.24) is 5.32 Å². The molecule has 1 heterocycles. The zero-order valence-electron chi connectivity index (χ0n) is 10.6. The SMILES string of the molecule is Cc1ccc(OC2CCNCCC2O)cc1C. The van der Waals surface area contributed by atoms with E-state index in [1.165, 1.54) is 11.1 Å². The standard InChI is InChI=1S/C14H21NO2/c1-10-3-4-12(9-11(10)2)17-14-6-8-15-7-5-13(14)16/h3-4,9,13-16H,5-8H2,1-2H3. The van der Waals surface area contributed by atoms with Crippen LogP contribution in [0.25, 0.3) is 0 Å². The first-order valence-electron chi connectivity index (χ1n) is 6.29. The average Bonchev–Trinajstić information content (AvgIpc) is 2.50. The fraction of sp³-hybridized carbons (Fsp3) is 0.571. The predicted octanol–water partition coefficient (Wildman–Crippen LogP) is 1.80. The van der Waals surface area contributed by atoms with Crippen LogP contribution < -0.4 is 10.1 Å². The molecule has 94 valence electrons. The molecule has 3 nitrogen and oxygen atoms in total. The molecule has 2 atom stereocenters. The molecule has 0 amide bonds. The lowest BCUT2D eigenvalue weighted by Crippen LogP contribution is -2.31. The second-order valence-electron chi connectivity index (χ2n) is 4.80. The number of nitrogens with one attached hydrogen (secondary N) is 1. The van der Waals surface area contributed by atoms with Gasteiger partial charge in [-0.25, -0.2) is 0 Å². The van der Waals surface area contributed by atoms with E-state index in [1.54, 1.807) is 0 Å². The number of rotatable bonds is 2. The number of ether oxygens (including phenoxy) is 1. The van der Waals surface area contributed by atoms with Gasteiger partial charge in [0, 0.05) is 0 Å². The first-order chi connectivity index (χ1) is 8.16. The molecule has 1 fully saturated rings. The zero-order chi connectivity index (χ0) is 12.3. The van der Waals surface area contributed by atoms with Gasteiger partial charge in [-0.05, 0) is 63.0 Å². The number of aliphatic hydroxyl groups excluding tert-OH is 1. The minimum Gasteiger partial charge on any atom is -0.488 e. The van der Waals surface area contributed by atoms with Gasteiger partial charge < -0.3 is 15.2 Å². The van der Waals surface area contributed by atoms with Crippen LogP contribution in [0.2, 0.25) is 0 Å². The Balaban J connectivity index is 2.05. The maximum Gasteiger partial charge on any atom is 0.126 e. The van der Waals surface area contributed by atoms with Crippen molar-refractivity contribution in [2.24, 2.45) is 0 Å². The minimum absolute atomic E-state index is 0.0906. The molecular formula is C14H21NO2. The zero-order valence-corrected chi connectivity index (χ0v) is 10.6. The monoisotopic (exact) mass is 235 g/mol. The maximum absolute atomic E-state index is 9.97. The molecule has 0 bridgehead atoms. The molecule has 0 spiro atoms. The van der Waals surface area contributed by atoms with E-state index in [1.807, 2.05) is 12.1 Å². The third-order valence-corrected chi connectivity index (χ3v) is 3.42. The molecule has 1 aromatic rings. The lowest BCUT2D eigenvalue weighted by Gasteiger charge is -2.22. The molecule has 0 aliphatic carbocycles. The topological polar surface area (TPSA) is 41.5 Å². The van der Waals surface area contributed by atoms with Gasteiger partial charge in [-0.1, -0.05) is 6.07 Å². The van der Waals surface area contributed by atoms with E-state index in [2.05, 4.69) is 25.2 Å². The Bertz CT molecular complexity index is 378. The van der Waals surface area contributed by atoms with E-state index in [0.717, 1.165) is 31.7 Å². The van der Waals surface area contributed by atoms with Gasteiger partial charge in [-0.3, -0.25) is 0 Å². The van der Waals surface area contributed by atoms with Gasteiger partial charge in [0.1, 0.15) is 11.9 Å². The molecule has 1 saturated heterocycles. The van der Waals surface area contributed by atoms with Gasteiger partial charge in [0.15, 0.2) is 0 Å². The van der Waals surface area contributed by atoms with Crippen LogP contribution in [0.1, 0.15) is 24.0 Å². The molecule has 3 heteroatoms. The van der Waals surface area contributed by atoms with Crippen molar-refractivity contribution >= 4 is 0 Å². The Kier molecular flexibility index (Phi) is 4.02. The van der Waals surface area contributed by atoms with Crippen LogP contribution in [-0.4, -0.2) is 30.4 Å². The highest BCUT2D eigenvalue weighted by atomic mass is 16.5. The van der Waals surface area contributed by atoms with Gasteiger partial charge in [0.2, 0.25) is 0 Å². The second kappa shape index (κ2) is 5.52. The van der Waals surface area contributed by atoms with E-state index in [9.17, 15) is 5.11 Å². The van der Waals surface area contributed by atoms with Gasteiger partial charge in [0.05, 0.1) is 6.10 Å². The summed E-state index contributed by atoms with van der Waals surface area (Å²) in [5.41, 5.74) is 2.49. The first kappa shape index (κ1) is 12.4. The summed E-state index contributed by atoms with van der Waals surface area (Å²) in [5.74, 6) is 0.860. The third kappa shape index (κ3) is 3.20. The van der Waals surface area contributed by atoms with Crippen LogP contribution in [0.3, 0.4) is 0 Å². The summed E-state index contributed by atoms with van der Waals surface area (Å²) in [7, 11) is 0. The van der Waals surface area contributed by atoms with Gasteiger partial charge in [-0.15, -0.1) is 0 Å². The van der Waals surface area contributed by atoms with Crippen LogP contribution in [0.15, 0.2) is 18.2 Å². The Morgan fingerprint density at radius 3 is 2.71 bits per heavy atom. The quantitative estimate of drug-likeness (QED) is 0.821. The van der Waals surface area contributed by atoms with E-state index in [4.69, 9.17) is 4.74 Å². The summed E-state index contributed by atoms with van der Waals surface area (Å²) >= 11 is 0. The van der Waals surface area contributed by atoms with Crippen LogP contribution in [0, 0.1) is 13.8 Å². The third-order valence-electron chi connectivity index (χ3n) is 3.42. The van der Waals surface area contributed by atoms with E-state index < -0.39 is 0 Å². The number of benzene rings is 1. The van der Waals surface area contributed by atoms with Crippen molar-refractivity contribution in [3.05, 3.63) is 29.3 Å². The maximum atomic E-state index is 9.97. The number of hydrogen-bond acceptors (Lipinski definition) is 3. The van der Waals surface area contributed by atoms with Crippen LogP contribution in [0.5, 0.6) is 5.75 Å². The van der Waals surface area contributed by atoms with Crippen molar-refractivity contribution in [3.63, 3.8) is 0 Å². The molecule has 2 N–H and O–H groups in total. The van der Waals surface area contributed by atoms with Crippen LogP contribution in [-0.2, 0) is 0 Å². The molecule has 0 aromatic heterocycles. The fourth-order valence-electron chi connectivity index (χ4n) is 2.10. The fourth-order valence-corrected chi connectivity index (χ4v) is 2.10. The summed E-state index contributed by atoms with van der Waals surface area (Å²) in [5, 5.41) is 13.2. The molecule has 1 aromatic carbocycles. The highest BCUT2D eigenvalue weighted by Crippen LogP contribution is 2.20. The van der Waals surface area contributed by atoms with Crippen molar-refractivity contribution < 1.29 is 9.84 Å². The second-order valence-corrected chi connectivity index (χ2v) is 4.80. The lowest BCUT2D eigenvalue weighted by atomic mass is 10.1. The van der Waals surface area contributed by atoms with Crippen molar-refractivity contribution in [2.45, 2.75) is 38.9 Å². The summed E-state index contributed by atoms with van der Waals surface area (Å²) in [6.45, 7) is 5.94. The van der Waals surface area contributed by atoms with Crippen LogP contribution >= 0.6 is 0 Å². The Hall–Kier alpha value is -1.06. The Morgan fingerprint density at radius 2 is 1.94 bits per heavy atom. The van der Waals surface area contributed by atoms with E-state index >= 15 is 0 Å². The van der Waals surface area contributed by atoms with Crippen molar-refractivity contribution in [2.75, 3.05) is 13.1 Å². The van der Waals surface area contributed by atoms with Crippen LogP contribution in [0.4, 0.5) is 0 Å². The van der Waals surface area contributed by atoms with Gasteiger partial charge in [-0.2, -0.15) is 0 Å². The van der Waals surface area contributed by atoms with E-state index in [-0.39, 0.29) is 12.2 Å². The molecule has 1 aliphatic rings. The Morgan fingerprint density at radius 1 is 1.18 bits per heavy atom. The molecule has 2 rings (SSSR count). The first-order valence-corrected chi connectivity index (χ1v) is 6.29. The number of aliphatic hydroxyl groups is 1. The molecule has 17 heavy (non-hydrogen) atoms. The Labute approximate surface area is 103 Å². The normalized spacial score (nSPS) is 25.4. The summed E-state index contributed by atoms with van der Waals surface area (Å²) < 4.78 is 5.89. The molecule has 0 radical (unpaired) electrons. The lowest BCUT2D eigenvalue weighted by molar-refractivity contribution is 0.0350. The summed E-state index contributed by atoms with van der Waals surface area (Å²) in [4.78, 5) is 0. The molecule has 2 unspecified atom stereocenters.